The summed E-state index contributed by atoms with van der Waals surface area (Å²) in [7, 11) is 1.45. The second kappa shape index (κ2) is 6.22. The van der Waals surface area contributed by atoms with Crippen molar-refractivity contribution in [1.29, 1.82) is 0 Å². The lowest BCUT2D eigenvalue weighted by Crippen LogP contribution is -2.15. The molecule has 0 aliphatic rings. The summed E-state index contributed by atoms with van der Waals surface area (Å²) >= 11 is 3.29. The van der Waals surface area contributed by atoms with Crippen LogP contribution in [-0.2, 0) is 0 Å². The third kappa shape index (κ3) is 3.39. The molecule has 0 atom stereocenters. The average Bonchev–Trinajstić information content (AvgIpc) is 2.41. The summed E-state index contributed by atoms with van der Waals surface area (Å²) in [6, 6.07) is 6.32. The number of hydrogen-bond acceptors (Lipinski definition) is 2. The van der Waals surface area contributed by atoms with Crippen LogP contribution in [0.3, 0.4) is 0 Å². The number of benzene rings is 2. The predicted molar refractivity (Wildman–Crippen MR) is 79.7 cm³/mol. The number of hydrogen-bond donors (Lipinski definition) is 1. The van der Waals surface area contributed by atoms with E-state index in [-0.39, 0.29) is 11.3 Å². The molecule has 0 saturated heterocycles. The smallest absolute Gasteiger partial charge is 0.259 e. The van der Waals surface area contributed by atoms with Gasteiger partial charge in [0.15, 0.2) is 0 Å². The molecule has 1 amide bonds. The van der Waals surface area contributed by atoms with Crippen molar-refractivity contribution in [2.24, 2.45) is 0 Å². The van der Waals surface area contributed by atoms with Gasteiger partial charge in [-0.3, -0.25) is 4.79 Å². The van der Waals surface area contributed by atoms with E-state index in [1.165, 1.54) is 13.2 Å². The second-order valence-electron chi connectivity index (χ2n) is 4.38. The predicted octanol–water partition coefficient (Wildman–Crippen LogP) is 4.30. The molecule has 110 valence electrons. The summed E-state index contributed by atoms with van der Waals surface area (Å²) in [5.41, 5.74) is 0.922. The van der Waals surface area contributed by atoms with Gasteiger partial charge in [-0.05, 0) is 36.8 Å². The van der Waals surface area contributed by atoms with Crippen molar-refractivity contribution in [2.45, 2.75) is 6.92 Å². The van der Waals surface area contributed by atoms with Gasteiger partial charge in [0, 0.05) is 10.5 Å². The number of aryl methyl sites for hydroxylation is 1. The molecule has 0 unspecified atom stereocenters. The molecule has 0 spiro atoms. The molecule has 0 radical (unpaired) electrons. The summed E-state index contributed by atoms with van der Waals surface area (Å²) in [5.74, 6) is -1.68. The van der Waals surface area contributed by atoms with Crippen LogP contribution >= 0.6 is 15.9 Å². The number of ether oxygens (including phenoxy) is 1. The second-order valence-corrected chi connectivity index (χ2v) is 5.30. The zero-order valence-corrected chi connectivity index (χ0v) is 12.9. The third-order valence-electron chi connectivity index (χ3n) is 2.87. The Balaban J connectivity index is 2.36. The highest BCUT2D eigenvalue weighted by molar-refractivity contribution is 9.10. The van der Waals surface area contributed by atoms with E-state index in [1.54, 1.807) is 19.1 Å². The minimum absolute atomic E-state index is 0.0962. The van der Waals surface area contributed by atoms with Gasteiger partial charge in [-0.2, -0.15) is 0 Å². The average molecular weight is 356 g/mol. The van der Waals surface area contributed by atoms with Crippen LogP contribution in [0.15, 0.2) is 34.8 Å². The standard InChI is InChI=1S/C15H12BrF2NO2/c1-8-5-9(16)6-11(14(8)21-2)15(20)19-13-4-3-10(17)7-12(13)18/h3-7H,1-2H3,(H,19,20). The summed E-state index contributed by atoms with van der Waals surface area (Å²) in [4.78, 5) is 12.3. The maximum atomic E-state index is 13.6. The lowest BCUT2D eigenvalue weighted by molar-refractivity contribution is 0.102. The van der Waals surface area contributed by atoms with Crippen LogP contribution in [0.5, 0.6) is 5.75 Å². The molecule has 0 bridgehead atoms. The zero-order chi connectivity index (χ0) is 15.6. The van der Waals surface area contributed by atoms with Gasteiger partial charge in [0.05, 0.1) is 18.4 Å². The molecule has 0 saturated carbocycles. The molecule has 2 aromatic rings. The Bertz CT molecular complexity index is 704. The Morgan fingerprint density at radius 2 is 1.95 bits per heavy atom. The molecule has 0 fully saturated rings. The van der Waals surface area contributed by atoms with Crippen molar-refractivity contribution >= 4 is 27.5 Å². The van der Waals surface area contributed by atoms with Gasteiger partial charge < -0.3 is 10.1 Å². The van der Waals surface area contributed by atoms with Crippen LogP contribution in [-0.4, -0.2) is 13.0 Å². The summed E-state index contributed by atoms with van der Waals surface area (Å²) in [6.45, 7) is 1.79. The van der Waals surface area contributed by atoms with E-state index in [4.69, 9.17) is 4.74 Å². The lowest BCUT2D eigenvalue weighted by atomic mass is 10.1. The van der Waals surface area contributed by atoms with Gasteiger partial charge in [-0.15, -0.1) is 0 Å². The van der Waals surface area contributed by atoms with Crippen LogP contribution in [0.25, 0.3) is 0 Å². The molecule has 0 heterocycles. The van der Waals surface area contributed by atoms with Crippen molar-refractivity contribution in [3.8, 4) is 5.75 Å². The number of halogens is 3. The lowest BCUT2D eigenvalue weighted by Gasteiger charge is -2.13. The highest BCUT2D eigenvalue weighted by Crippen LogP contribution is 2.28. The fourth-order valence-corrected chi connectivity index (χ4v) is 2.52. The largest absolute Gasteiger partial charge is 0.496 e. The normalized spacial score (nSPS) is 10.3. The van der Waals surface area contributed by atoms with Gasteiger partial charge >= 0.3 is 0 Å². The monoisotopic (exact) mass is 355 g/mol. The van der Waals surface area contributed by atoms with Crippen molar-refractivity contribution in [3.63, 3.8) is 0 Å². The molecular weight excluding hydrogens is 344 g/mol. The van der Waals surface area contributed by atoms with Crippen molar-refractivity contribution in [1.82, 2.24) is 0 Å². The number of carbonyl (C=O) groups excluding carboxylic acids is 1. The van der Waals surface area contributed by atoms with E-state index in [1.807, 2.05) is 0 Å². The molecule has 1 N–H and O–H groups in total. The molecule has 6 heteroatoms. The van der Waals surface area contributed by atoms with E-state index in [0.29, 0.717) is 16.3 Å². The Hall–Kier alpha value is -1.95. The van der Waals surface area contributed by atoms with Crippen LogP contribution in [0, 0.1) is 18.6 Å². The van der Waals surface area contributed by atoms with Crippen molar-refractivity contribution < 1.29 is 18.3 Å². The molecular formula is C15H12BrF2NO2. The summed E-state index contributed by atoms with van der Waals surface area (Å²) in [5, 5.41) is 2.40. The van der Waals surface area contributed by atoms with Gasteiger partial charge in [0.2, 0.25) is 0 Å². The number of carbonyl (C=O) groups is 1. The van der Waals surface area contributed by atoms with Crippen LogP contribution in [0.1, 0.15) is 15.9 Å². The van der Waals surface area contributed by atoms with E-state index in [0.717, 1.165) is 11.6 Å². The number of nitrogens with one attached hydrogen (secondary N) is 1. The first-order chi connectivity index (χ1) is 9.92. The topological polar surface area (TPSA) is 38.3 Å². The number of amides is 1. The first-order valence-corrected chi connectivity index (χ1v) is 6.82. The van der Waals surface area contributed by atoms with E-state index in [9.17, 15) is 13.6 Å². The van der Waals surface area contributed by atoms with Crippen molar-refractivity contribution in [3.05, 3.63) is 57.6 Å². The minimum atomic E-state index is -0.839. The fourth-order valence-electron chi connectivity index (χ4n) is 1.95. The van der Waals surface area contributed by atoms with E-state index >= 15 is 0 Å². The molecule has 0 aliphatic carbocycles. The molecule has 2 aromatic carbocycles. The first kappa shape index (κ1) is 15.4. The SMILES string of the molecule is COc1c(C)cc(Br)cc1C(=O)Nc1ccc(F)cc1F. The van der Waals surface area contributed by atoms with Gasteiger partial charge in [0.25, 0.3) is 5.91 Å². The van der Waals surface area contributed by atoms with Crippen LogP contribution < -0.4 is 10.1 Å². The third-order valence-corrected chi connectivity index (χ3v) is 3.33. The molecule has 21 heavy (non-hydrogen) atoms. The molecule has 0 aromatic heterocycles. The molecule has 3 nitrogen and oxygen atoms in total. The Morgan fingerprint density at radius 1 is 1.24 bits per heavy atom. The van der Waals surface area contributed by atoms with E-state index in [2.05, 4.69) is 21.2 Å². The van der Waals surface area contributed by atoms with Gasteiger partial charge in [0.1, 0.15) is 17.4 Å². The highest BCUT2D eigenvalue weighted by atomic mass is 79.9. The van der Waals surface area contributed by atoms with Crippen molar-refractivity contribution in [2.75, 3.05) is 12.4 Å². The zero-order valence-electron chi connectivity index (χ0n) is 11.3. The highest BCUT2D eigenvalue weighted by Gasteiger charge is 2.17. The number of anilines is 1. The summed E-state index contributed by atoms with van der Waals surface area (Å²) in [6.07, 6.45) is 0. The fraction of sp³-hybridized carbons (Fsp3) is 0.133. The van der Waals surface area contributed by atoms with Crippen LogP contribution in [0.4, 0.5) is 14.5 Å². The number of rotatable bonds is 3. The Morgan fingerprint density at radius 3 is 2.57 bits per heavy atom. The maximum absolute atomic E-state index is 13.6. The maximum Gasteiger partial charge on any atom is 0.259 e. The quantitative estimate of drug-likeness (QED) is 0.891. The number of methoxy groups -OCH3 is 1. The Kier molecular flexibility index (Phi) is 4.57. The minimum Gasteiger partial charge on any atom is -0.496 e. The van der Waals surface area contributed by atoms with Gasteiger partial charge in [-0.1, -0.05) is 15.9 Å². The summed E-state index contributed by atoms with van der Waals surface area (Å²) < 4.78 is 32.3. The first-order valence-electron chi connectivity index (χ1n) is 6.03. The molecule has 0 aliphatic heterocycles. The molecule has 2 rings (SSSR count). The van der Waals surface area contributed by atoms with Crippen LogP contribution in [0.2, 0.25) is 0 Å². The van der Waals surface area contributed by atoms with Gasteiger partial charge in [-0.25, -0.2) is 8.78 Å². The van der Waals surface area contributed by atoms with E-state index < -0.39 is 17.5 Å². The Labute approximate surface area is 129 Å².